The van der Waals surface area contributed by atoms with Gasteiger partial charge in [-0.25, -0.2) is 0 Å². The van der Waals surface area contributed by atoms with Crippen molar-refractivity contribution in [3.8, 4) is 11.8 Å². The highest BCUT2D eigenvalue weighted by Crippen LogP contribution is 2.32. The molecule has 1 aliphatic rings. The Labute approximate surface area is 102 Å². The van der Waals surface area contributed by atoms with E-state index < -0.39 is 5.54 Å². The number of hydrogen-bond donors (Lipinski definition) is 1. The summed E-state index contributed by atoms with van der Waals surface area (Å²) in [6.45, 7) is 3.96. The average Bonchev–Trinajstić information content (AvgIpc) is 2.74. The van der Waals surface area contributed by atoms with Gasteiger partial charge in [-0.3, -0.25) is 0 Å². The summed E-state index contributed by atoms with van der Waals surface area (Å²) in [6, 6.07) is 10.1. The van der Waals surface area contributed by atoms with E-state index in [0.29, 0.717) is 19.6 Å². The maximum atomic E-state index is 9.03. The molecule has 4 heteroatoms. The second kappa shape index (κ2) is 4.64. The molecule has 0 spiro atoms. The van der Waals surface area contributed by atoms with Gasteiger partial charge < -0.3 is 15.4 Å². The maximum Gasteiger partial charge on any atom is 0.142 e. The zero-order valence-corrected chi connectivity index (χ0v) is 10.0. The van der Waals surface area contributed by atoms with Gasteiger partial charge in [0.1, 0.15) is 11.3 Å². The average molecular weight is 231 g/mol. The topological polar surface area (TPSA) is 62.3 Å². The first kappa shape index (κ1) is 11.7. The van der Waals surface area contributed by atoms with Crippen molar-refractivity contribution in [2.75, 3.05) is 24.6 Å². The molecule has 2 rings (SSSR count). The van der Waals surface area contributed by atoms with Crippen molar-refractivity contribution in [1.29, 1.82) is 5.26 Å². The lowest BCUT2D eigenvalue weighted by atomic mass is 10.0. The van der Waals surface area contributed by atoms with Crippen LogP contribution in [0.15, 0.2) is 24.3 Å². The summed E-state index contributed by atoms with van der Waals surface area (Å²) >= 11 is 0. The first-order chi connectivity index (χ1) is 8.18. The van der Waals surface area contributed by atoms with Gasteiger partial charge in [0.25, 0.3) is 0 Å². The summed E-state index contributed by atoms with van der Waals surface area (Å²) in [4.78, 5) is 2.12. The molecule has 0 radical (unpaired) electrons. The number of nitrogens with zero attached hydrogens (tertiary/aromatic N) is 2. The number of benzene rings is 1. The standard InChI is InChI=1S/C13H17N3O/c1-2-17-12-6-4-3-5-11(12)16-8-7-13(15,9-14)10-16/h3-6H,2,7-8,10,15H2,1H3. The van der Waals surface area contributed by atoms with Crippen LogP contribution in [0.5, 0.6) is 5.75 Å². The molecule has 4 nitrogen and oxygen atoms in total. The highest BCUT2D eigenvalue weighted by atomic mass is 16.5. The van der Waals surface area contributed by atoms with E-state index in [9.17, 15) is 0 Å². The molecule has 2 N–H and O–H groups in total. The fourth-order valence-corrected chi connectivity index (χ4v) is 2.13. The molecule has 1 heterocycles. The molecule has 0 aliphatic carbocycles. The number of para-hydroxylation sites is 2. The Morgan fingerprint density at radius 2 is 2.29 bits per heavy atom. The molecule has 1 unspecified atom stereocenters. The number of hydrogen-bond acceptors (Lipinski definition) is 4. The monoisotopic (exact) mass is 231 g/mol. The van der Waals surface area contributed by atoms with Crippen LogP contribution < -0.4 is 15.4 Å². The quantitative estimate of drug-likeness (QED) is 0.856. The van der Waals surface area contributed by atoms with Crippen molar-refractivity contribution >= 4 is 5.69 Å². The molecule has 90 valence electrons. The summed E-state index contributed by atoms with van der Waals surface area (Å²) < 4.78 is 5.59. The predicted molar refractivity (Wildman–Crippen MR) is 67.0 cm³/mol. The molecule has 17 heavy (non-hydrogen) atoms. The molecular weight excluding hydrogens is 214 g/mol. The Kier molecular flexibility index (Phi) is 3.21. The van der Waals surface area contributed by atoms with Gasteiger partial charge in [-0.1, -0.05) is 12.1 Å². The second-order valence-corrected chi connectivity index (χ2v) is 4.34. The number of nitriles is 1. The van der Waals surface area contributed by atoms with Crippen molar-refractivity contribution in [1.82, 2.24) is 0 Å². The molecule has 0 aromatic heterocycles. The minimum absolute atomic E-state index is 0.563. The van der Waals surface area contributed by atoms with Gasteiger partial charge in [-0.15, -0.1) is 0 Å². The summed E-state index contributed by atoms with van der Waals surface area (Å²) in [5, 5.41) is 9.03. The fourth-order valence-electron chi connectivity index (χ4n) is 2.13. The van der Waals surface area contributed by atoms with Gasteiger partial charge in [-0.2, -0.15) is 5.26 Å². The Morgan fingerprint density at radius 1 is 1.53 bits per heavy atom. The second-order valence-electron chi connectivity index (χ2n) is 4.34. The van der Waals surface area contributed by atoms with Crippen LogP contribution in [-0.2, 0) is 0 Å². The minimum atomic E-state index is -0.723. The van der Waals surface area contributed by atoms with E-state index in [1.807, 2.05) is 31.2 Å². The van der Waals surface area contributed by atoms with Crippen LogP contribution in [0.1, 0.15) is 13.3 Å². The van der Waals surface area contributed by atoms with Gasteiger partial charge >= 0.3 is 0 Å². The van der Waals surface area contributed by atoms with Crippen molar-refractivity contribution in [2.24, 2.45) is 5.73 Å². The molecule has 1 aliphatic heterocycles. The van der Waals surface area contributed by atoms with Crippen molar-refractivity contribution in [3.63, 3.8) is 0 Å². The molecule has 1 aromatic rings. The molecule has 1 aromatic carbocycles. The fraction of sp³-hybridized carbons (Fsp3) is 0.462. The smallest absolute Gasteiger partial charge is 0.142 e. The van der Waals surface area contributed by atoms with Gasteiger partial charge in [0.15, 0.2) is 0 Å². The van der Waals surface area contributed by atoms with Crippen LogP contribution in [0.4, 0.5) is 5.69 Å². The van der Waals surface area contributed by atoms with Crippen molar-refractivity contribution < 1.29 is 4.74 Å². The Balaban J connectivity index is 2.22. The normalized spacial score (nSPS) is 23.5. The lowest BCUT2D eigenvalue weighted by Crippen LogP contribution is -2.41. The molecule has 1 saturated heterocycles. The summed E-state index contributed by atoms with van der Waals surface area (Å²) in [7, 11) is 0. The Hall–Kier alpha value is -1.73. The zero-order chi connectivity index (χ0) is 12.3. The number of rotatable bonds is 3. The third kappa shape index (κ3) is 2.34. The van der Waals surface area contributed by atoms with Crippen LogP contribution in [0.2, 0.25) is 0 Å². The third-order valence-corrected chi connectivity index (χ3v) is 3.03. The lowest BCUT2D eigenvalue weighted by molar-refractivity contribution is 0.340. The SMILES string of the molecule is CCOc1ccccc1N1CCC(N)(C#N)C1. The minimum Gasteiger partial charge on any atom is -0.492 e. The van der Waals surface area contributed by atoms with Crippen LogP contribution >= 0.6 is 0 Å². The Bertz CT molecular complexity index is 441. The van der Waals surface area contributed by atoms with Gasteiger partial charge in [0, 0.05) is 13.1 Å². The number of ether oxygens (including phenoxy) is 1. The van der Waals surface area contributed by atoms with Gasteiger partial charge in [0.05, 0.1) is 18.4 Å². The number of anilines is 1. The lowest BCUT2D eigenvalue weighted by Gasteiger charge is -2.22. The first-order valence-corrected chi connectivity index (χ1v) is 5.85. The van der Waals surface area contributed by atoms with Crippen LogP contribution in [-0.4, -0.2) is 25.2 Å². The molecule has 1 atom stereocenters. The summed E-state index contributed by atoms with van der Waals surface area (Å²) in [5.41, 5.74) is 6.27. The highest BCUT2D eigenvalue weighted by Gasteiger charge is 2.35. The summed E-state index contributed by atoms with van der Waals surface area (Å²) in [5.74, 6) is 0.859. The largest absolute Gasteiger partial charge is 0.492 e. The van der Waals surface area contributed by atoms with E-state index in [0.717, 1.165) is 18.0 Å². The van der Waals surface area contributed by atoms with Crippen LogP contribution in [0.3, 0.4) is 0 Å². The van der Waals surface area contributed by atoms with Crippen molar-refractivity contribution in [2.45, 2.75) is 18.9 Å². The van der Waals surface area contributed by atoms with Gasteiger partial charge in [0.2, 0.25) is 0 Å². The van der Waals surface area contributed by atoms with Crippen molar-refractivity contribution in [3.05, 3.63) is 24.3 Å². The van der Waals surface area contributed by atoms with E-state index >= 15 is 0 Å². The van der Waals surface area contributed by atoms with E-state index in [2.05, 4.69) is 11.0 Å². The number of nitrogens with two attached hydrogens (primary N) is 1. The third-order valence-electron chi connectivity index (χ3n) is 3.03. The van der Waals surface area contributed by atoms with Gasteiger partial charge in [-0.05, 0) is 25.5 Å². The molecule has 0 saturated carbocycles. The van der Waals surface area contributed by atoms with E-state index in [-0.39, 0.29) is 0 Å². The molecule has 0 bridgehead atoms. The zero-order valence-electron chi connectivity index (χ0n) is 10.0. The molecular formula is C13H17N3O. The molecule has 0 amide bonds. The predicted octanol–water partition coefficient (Wildman–Crippen LogP) is 1.52. The highest BCUT2D eigenvalue weighted by molar-refractivity contribution is 5.60. The maximum absolute atomic E-state index is 9.03. The first-order valence-electron chi connectivity index (χ1n) is 5.85. The summed E-state index contributed by atoms with van der Waals surface area (Å²) in [6.07, 6.45) is 0.698. The van der Waals surface area contributed by atoms with E-state index in [1.165, 1.54) is 0 Å². The Morgan fingerprint density at radius 3 is 2.94 bits per heavy atom. The molecule has 1 fully saturated rings. The van der Waals surface area contributed by atoms with Crippen LogP contribution in [0.25, 0.3) is 0 Å². The van der Waals surface area contributed by atoms with E-state index in [4.69, 9.17) is 15.7 Å². The van der Waals surface area contributed by atoms with Crippen LogP contribution in [0, 0.1) is 11.3 Å². The van der Waals surface area contributed by atoms with E-state index in [1.54, 1.807) is 0 Å².